The highest BCUT2D eigenvalue weighted by atomic mass is 35.5. The van der Waals surface area contributed by atoms with E-state index < -0.39 is 34.3 Å². The number of carbonyl (C=O) groups excluding carboxylic acids is 2. The lowest BCUT2D eigenvalue weighted by Gasteiger charge is -2.33. The Bertz CT molecular complexity index is 1160. The molecule has 1 N–H and O–H groups in total. The van der Waals surface area contributed by atoms with Gasteiger partial charge in [0, 0.05) is 22.6 Å². The van der Waals surface area contributed by atoms with Gasteiger partial charge in [-0.05, 0) is 49.6 Å². The monoisotopic (exact) mass is 545 g/mol. The predicted octanol–water partition coefficient (Wildman–Crippen LogP) is 4.62. The van der Waals surface area contributed by atoms with E-state index in [2.05, 4.69) is 5.32 Å². The molecule has 0 bridgehead atoms. The summed E-state index contributed by atoms with van der Waals surface area (Å²) in [6, 6.07) is 8.99. The van der Waals surface area contributed by atoms with Crippen LogP contribution in [-0.2, 0) is 26.2 Å². The molecule has 0 saturated carbocycles. The van der Waals surface area contributed by atoms with Crippen LogP contribution in [0.3, 0.4) is 0 Å². The first-order valence-corrected chi connectivity index (χ1v) is 13.7. The lowest BCUT2D eigenvalue weighted by Crippen LogP contribution is -2.53. The van der Waals surface area contributed by atoms with Crippen molar-refractivity contribution in [3.05, 3.63) is 63.9 Å². The van der Waals surface area contributed by atoms with Gasteiger partial charge in [0.05, 0.1) is 11.9 Å². The van der Waals surface area contributed by atoms with Gasteiger partial charge in [-0.2, -0.15) is 0 Å². The number of amides is 2. The summed E-state index contributed by atoms with van der Waals surface area (Å²) in [5.41, 5.74) is 0.265. The lowest BCUT2D eigenvalue weighted by atomic mass is 10.1. The summed E-state index contributed by atoms with van der Waals surface area (Å²) >= 11 is 12.3. The molecule has 7 nitrogen and oxygen atoms in total. The third-order valence-electron chi connectivity index (χ3n) is 5.54. The summed E-state index contributed by atoms with van der Waals surface area (Å²) in [6.45, 7) is 4.74. The molecule has 11 heteroatoms. The van der Waals surface area contributed by atoms with Crippen molar-refractivity contribution in [3.63, 3.8) is 0 Å². The Morgan fingerprint density at radius 3 is 2.29 bits per heavy atom. The highest BCUT2D eigenvalue weighted by Crippen LogP contribution is 2.25. The van der Waals surface area contributed by atoms with Gasteiger partial charge in [0.2, 0.25) is 21.8 Å². The van der Waals surface area contributed by atoms with Crippen molar-refractivity contribution >= 4 is 50.7 Å². The van der Waals surface area contributed by atoms with Gasteiger partial charge in [-0.15, -0.1) is 0 Å². The van der Waals surface area contributed by atoms with E-state index in [0.717, 1.165) is 12.3 Å². The summed E-state index contributed by atoms with van der Waals surface area (Å²) in [5, 5.41) is 3.57. The van der Waals surface area contributed by atoms with Crippen LogP contribution >= 0.6 is 23.2 Å². The second kappa shape index (κ2) is 12.6. The third kappa shape index (κ3) is 7.81. The topological polar surface area (TPSA) is 86.8 Å². The van der Waals surface area contributed by atoms with E-state index >= 15 is 0 Å². The fourth-order valence-corrected chi connectivity index (χ4v) is 4.76. The molecule has 0 aromatic heterocycles. The maximum atomic E-state index is 14.5. The Morgan fingerprint density at radius 1 is 1.09 bits per heavy atom. The van der Waals surface area contributed by atoms with Crippen molar-refractivity contribution in [1.29, 1.82) is 0 Å². The zero-order chi connectivity index (χ0) is 26.3. The zero-order valence-corrected chi connectivity index (χ0v) is 22.4. The predicted molar refractivity (Wildman–Crippen MR) is 138 cm³/mol. The average molecular weight is 546 g/mol. The van der Waals surface area contributed by atoms with Gasteiger partial charge >= 0.3 is 0 Å². The van der Waals surface area contributed by atoms with Crippen LogP contribution in [0.25, 0.3) is 0 Å². The molecule has 0 spiro atoms. The highest BCUT2D eigenvalue weighted by Gasteiger charge is 2.33. The van der Waals surface area contributed by atoms with Gasteiger partial charge < -0.3 is 10.2 Å². The maximum Gasteiger partial charge on any atom is 0.244 e. The number of nitrogens with one attached hydrogen (secondary N) is 1. The molecule has 2 aromatic rings. The Kier molecular flexibility index (Phi) is 10.4. The van der Waals surface area contributed by atoms with Crippen LogP contribution in [0.5, 0.6) is 0 Å². The van der Waals surface area contributed by atoms with E-state index in [9.17, 15) is 22.4 Å². The molecule has 0 aliphatic heterocycles. The zero-order valence-electron chi connectivity index (χ0n) is 20.1. The molecule has 35 heavy (non-hydrogen) atoms. The van der Waals surface area contributed by atoms with Crippen LogP contribution in [0.2, 0.25) is 10.0 Å². The number of para-hydroxylation sites is 1. The quantitative estimate of drug-likeness (QED) is 0.446. The first kappa shape index (κ1) is 28.9. The number of halogens is 3. The molecular formula is C24H30Cl2FN3O4S. The number of rotatable bonds is 11. The number of anilines is 1. The minimum absolute atomic E-state index is 0.0733. The van der Waals surface area contributed by atoms with Crippen molar-refractivity contribution in [2.45, 2.75) is 52.2 Å². The summed E-state index contributed by atoms with van der Waals surface area (Å²) < 4.78 is 40.2. The van der Waals surface area contributed by atoms with Crippen molar-refractivity contribution in [2.75, 3.05) is 17.1 Å². The molecule has 0 fully saturated rings. The number of hydrogen-bond donors (Lipinski definition) is 1. The van der Waals surface area contributed by atoms with Crippen LogP contribution in [0.15, 0.2) is 42.5 Å². The molecule has 2 aromatic carbocycles. The summed E-state index contributed by atoms with van der Waals surface area (Å²) in [6.07, 6.45) is 1.84. The van der Waals surface area contributed by atoms with Gasteiger partial charge in [-0.25, -0.2) is 12.8 Å². The largest absolute Gasteiger partial charge is 0.352 e. The van der Waals surface area contributed by atoms with Crippen molar-refractivity contribution in [1.82, 2.24) is 10.2 Å². The van der Waals surface area contributed by atoms with Crippen LogP contribution in [0.4, 0.5) is 10.1 Å². The second-order valence-corrected chi connectivity index (χ2v) is 11.0. The fourth-order valence-electron chi connectivity index (χ4n) is 3.44. The molecule has 0 aliphatic carbocycles. The van der Waals surface area contributed by atoms with E-state index in [1.165, 1.54) is 29.2 Å². The summed E-state index contributed by atoms with van der Waals surface area (Å²) in [5.74, 6) is -1.85. The van der Waals surface area contributed by atoms with E-state index in [0.29, 0.717) is 26.3 Å². The van der Waals surface area contributed by atoms with Gasteiger partial charge in [0.25, 0.3) is 0 Å². The van der Waals surface area contributed by atoms with Gasteiger partial charge in [-0.3, -0.25) is 13.9 Å². The van der Waals surface area contributed by atoms with Crippen molar-refractivity contribution in [3.8, 4) is 0 Å². The minimum Gasteiger partial charge on any atom is -0.352 e. The van der Waals surface area contributed by atoms with Crippen LogP contribution in [-0.4, -0.2) is 50.0 Å². The molecule has 0 aliphatic rings. The lowest BCUT2D eigenvalue weighted by molar-refractivity contribution is -0.140. The van der Waals surface area contributed by atoms with E-state index in [-0.39, 0.29) is 30.6 Å². The molecule has 192 valence electrons. The number of nitrogens with zero attached hydrogens (tertiary/aromatic N) is 2. The summed E-state index contributed by atoms with van der Waals surface area (Å²) in [4.78, 5) is 27.9. The Morgan fingerprint density at radius 2 is 1.74 bits per heavy atom. The van der Waals surface area contributed by atoms with Crippen LogP contribution < -0.4 is 9.62 Å². The Labute approximate surface area is 216 Å². The second-order valence-electron chi connectivity index (χ2n) is 8.22. The number of benzene rings is 2. The standard InChI is InChI=1S/C24H30Cl2FN3O4S/c1-5-16(3)28-24(32)21(6-2)29(14-17-11-12-18(25)13-19(17)26)23(31)15-30(35(4,33)34)22-10-8-7-9-20(22)27/h7-13,16,21H,5-6,14-15H2,1-4H3,(H,28,32)/t16-,21+/m0/s1. The SMILES string of the molecule is CC[C@H](C(=O)N[C@@H](C)CC)N(Cc1ccc(Cl)cc1Cl)C(=O)CN(c1ccccc1F)S(C)(=O)=O. The molecule has 0 heterocycles. The molecule has 2 atom stereocenters. The van der Waals surface area contributed by atoms with Gasteiger partial charge in [0.15, 0.2) is 0 Å². The van der Waals surface area contributed by atoms with E-state index in [4.69, 9.17) is 23.2 Å². The number of carbonyl (C=O) groups is 2. The van der Waals surface area contributed by atoms with Crippen molar-refractivity contribution < 1.29 is 22.4 Å². The molecular weight excluding hydrogens is 516 g/mol. The third-order valence-corrected chi connectivity index (χ3v) is 7.26. The van der Waals surface area contributed by atoms with E-state index in [1.807, 2.05) is 13.8 Å². The average Bonchev–Trinajstić information content (AvgIpc) is 2.78. The van der Waals surface area contributed by atoms with Crippen molar-refractivity contribution in [2.24, 2.45) is 0 Å². The molecule has 2 amide bonds. The highest BCUT2D eigenvalue weighted by molar-refractivity contribution is 7.92. The van der Waals surface area contributed by atoms with E-state index in [1.54, 1.807) is 19.1 Å². The van der Waals surface area contributed by atoms with Gasteiger partial charge in [-0.1, -0.05) is 55.2 Å². The smallest absolute Gasteiger partial charge is 0.244 e. The normalized spacial score (nSPS) is 13.1. The van der Waals surface area contributed by atoms with Gasteiger partial charge in [0.1, 0.15) is 18.4 Å². The van der Waals surface area contributed by atoms with Crippen LogP contribution in [0.1, 0.15) is 39.2 Å². The first-order chi connectivity index (χ1) is 16.4. The minimum atomic E-state index is -4.03. The Hall–Kier alpha value is -2.36. The fraction of sp³-hybridized carbons (Fsp3) is 0.417. The number of sulfonamides is 1. The molecule has 0 unspecified atom stereocenters. The molecule has 0 saturated heterocycles. The Balaban J connectivity index is 2.49. The maximum absolute atomic E-state index is 14.5. The van der Waals surface area contributed by atoms with Crippen LogP contribution in [0, 0.1) is 5.82 Å². The summed E-state index contributed by atoms with van der Waals surface area (Å²) in [7, 11) is -4.03. The molecule has 2 rings (SSSR count). The first-order valence-electron chi connectivity index (χ1n) is 11.1. The molecule has 0 radical (unpaired) electrons. The number of hydrogen-bond acceptors (Lipinski definition) is 4.